The van der Waals surface area contributed by atoms with Crippen LogP contribution in [-0.2, 0) is 6.54 Å². The Morgan fingerprint density at radius 1 is 1.69 bits per heavy atom. The summed E-state index contributed by atoms with van der Waals surface area (Å²) in [5, 5.41) is 16.7. The van der Waals surface area contributed by atoms with Crippen molar-refractivity contribution in [1.82, 2.24) is 15.1 Å². The highest BCUT2D eigenvalue weighted by Crippen LogP contribution is 2.18. The van der Waals surface area contributed by atoms with Crippen LogP contribution in [0.1, 0.15) is 10.5 Å². The molecule has 0 spiro atoms. The van der Waals surface area contributed by atoms with Crippen LogP contribution < -0.4 is 5.32 Å². The molecule has 1 N–H and O–H groups in total. The fourth-order valence-corrected chi connectivity index (χ4v) is 1.27. The molecule has 1 aromatic heterocycles. The van der Waals surface area contributed by atoms with Gasteiger partial charge in [-0.2, -0.15) is 5.10 Å². The quantitative estimate of drug-likeness (QED) is 0.469. The lowest BCUT2D eigenvalue weighted by Gasteiger charge is -2.12. The number of carbonyl (C=O) groups excluding carboxylic acids is 1. The normalized spacial score (nSPS) is 14.9. The number of amides is 1. The Morgan fingerprint density at radius 2 is 2.46 bits per heavy atom. The number of nitrogens with one attached hydrogen (secondary N) is 1. The summed E-state index contributed by atoms with van der Waals surface area (Å²) in [6, 6.07) is 0. The van der Waals surface area contributed by atoms with E-state index in [1.165, 1.54) is 4.68 Å². The molecule has 2 heterocycles. The predicted octanol–water partition coefficient (Wildman–Crippen LogP) is -0.465. The zero-order valence-corrected chi connectivity index (χ0v) is 6.56. The Morgan fingerprint density at radius 3 is 3.15 bits per heavy atom. The molecular formula is C6H6N4O3. The maximum atomic E-state index is 11.2. The highest BCUT2D eigenvalue weighted by atomic mass is 16.6. The maximum Gasteiger partial charge on any atom is 0.320 e. The third-order valence-electron chi connectivity index (χ3n) is 1.84. The van der Waals surface area contributed by atoms with Gasteiger partial charge in [0.05, 0.1) is 11.5 Å². The highest BCUT2D eigenvalue weighted by Gasteiger charge is 2.28. The monoisotopic (exact) mass is 182 g/mol. The molecule has 1 aliphatic heterocycles. The molecular weight excluding hydrogens is 176 g/mol. The van der Waals surface area contributed by atoms with Gasteiger partial charge in [-0.3, -0.25) is 19.6 Å². The number of aromatic nitrogens is 2. The summed E-state index contributed by atoms with van der Waals surface area (Å²) >= 11 is 0. The lowest BCUT2D eigenvalue weighted by molar-refractivity contribution is -0.385. The van der Waals surface area contributed by atoms with Gasteiger partial charge in [0.1, 0.15) is 6.20 Å². The smallest absolute Gasteiger partial charge is 0.320 e. The van der Waals surface area contributed by atoms with E-state index in [1.54, 1.807) is 0 Å². The van der Waals surface area contributed by atoms with Gasteiger partial charge in [-0.15, -0.1) is 0 Å². The topological polar surface area (TPSA) is 90.1 Å². The highest BCUT2D eigenvalue weighted by molar-refractivity contribution is 5.96. The molecule has 0 fully saturated rings. The first kappa shape index (κ1) is 7.71. The Bertz CT molecular complexity index is 383. The molecule has 0 saturated heterocycles. The van der Waals surface area contributed by atoms with Crippen molar-refractivity contribution in [2.75, 3.05) is 6.54 Å². The van der Waals surface area contributed by atoms with Crippen molar-refractivity contribution in [2.24, 2.45) is 0 Å². The van der Waals surface area contributed by atoms with Crippen molar-refractivity contribution < 1.29 is 9.72 Å². The molecule has 1 aromatic rings. The van der Waals surface area contributed by atoms with E-state index < -0.39 is 10.8 Å². The van der Waals surface area contributed by atoms with E-state index in [9.17, 15) is 14.9 Å². The number of rotatable bonds is 1. The average Bonchev–Trinajstić information content (AvgIpc) is 2.49. The number of fused-ring (bicyclic) bond motifs is 1. The maximum absolute atomic E-state index is 11.2. The summed E-state index contributed by atoms with van der Waals surface area (Å²) in [5.41, 5.74) is -0.201. The second-order valence-corrected chi connectivity index (χ2v) is 2.61. The molecule has 13 heavy (non-hydrogen) atoms. The third-order valence-corrected chi connectivity index (χ3v) is 1.84. The standard InChI is InChI=1S/C6H6N4O3/c11-6-5-4(10(12)13)3-8-9(5)2-1-7-6/h3H,1-2H2,(H,7,11). The van der Waals surface area contributed by atoms with E-state index in [2.05, 4.69) is 10.4 Å². The zero-order valence-electron chi connectivity index (χ0n) is 6.56. The van der Waals surface area contributed by atoms with E-state index in [4.69, 9.17) is 0 Å². The van der Waals surface area contributed by atoms with E-state index in [-0.39, 0.29) is 11.4 Å². The van der Waals surface area contributed by atoms with Crippen LogP contribution in [0.4, 0.5) is 5.69 Å². The first-order valence-corrected chi connectivity index (χ1v) is 3.68. The van der Waals surface area contributed by atoms with Gasteiger partial charge in [-0.05, 0) is 0 Å². The minimum atomic E-state index is -0.607. The van der Waals surface area contributed by atoms with Gasteiger partial charge >= 0.3 is 5.69 Å². The Labute approximate surface area is 72.5 Å². The minimum absolute atomic E-state index is 0.0382. The Hall–Kier alpha value is -1.92. The van der Waals surface area contributed by atoms with E-state index >= 15 is 0 Å². The fraction of sp³-hybridized carbons (Fsp3) is 0.333. The van der Waals surface area contributed by atoms with E-state index in [1.807, 2.05) is 0 Å². The van der Waals surface area contributed by atoms with Gasteiger partial charge in [0.25, 0.3) is 5.91 Å². The molecule has 0 atom stereocenters. The van der Waals surface area contributed by atoms with Gasteiger partial charge in [-0.1, -0.05) is 0 Å². The molecule has 1 aliphatic rings. The number of hydrogen-bond donors (Lipinski definition) is 1. The molecule has 0 saturated carbocycles. The lowest BCUT2D eigenvalue weighted by atomic mass is 10.3. The average molecular weight is 182 g/mol. The van der Waals surface area contributed by atoms with Gasteiger partial charge in [0, 0.05) is 6.54 Å². The first-order valence-electron chi connectivity index (χ1n) is 3.68. The summed E-state index contributed by atoms with van der Waals surface area (Å²) in [6.45, 7) is 0.944. The van der Waals surface area contributed by atoms with Crippen LogP contribution in [-0.4, -0.2) is 27.2 Å². The van der Waals surface area contributed by atoms with Crippen molar-refractivity contribution in [3.8, 4) is 0 Å². The molecule has 7 heteroatoms. The first-order chi connectivity index (χ1) is 6.20. The van der Waals surface area contributed by atoms with E-state index in [0.717, 1.165) is 6.20 Å². The second kappa shape index (κ2) is 2.54. The summed E-state index contributed by atoms with van der Waals surface area (Å²) < 4.78 is 1.34. The number of hydrogen-bond acceptors (Lipinski definition) is 4. The zero-order chi connectivity index (χ0) is 9.42. The van der Waals surface area contributed by atoms with Gasteiger partial charge in [0.2, 0.25) is 5.69 Å². The van der Waals surface area contributed by atoms with Crippen LogP contribution in [0.15, 0.2) is 6.20 Å². The predicted molar refractivity (Wildman–Crippen MR) is 41.2 cm³/mol. The van der Waals surface area contributed by atoms with E-state index in [0.29, 0.717) is 13.1 Å². The molecule has 2 rings (SSSR count). The minimum Gasteiger partial charge on any atom is -0.349 e. The number of carbonyl (C=O) groups is 1. The van der Waals surface area contributed by atoms with Crippen LogP contribution in [0.2, 0.25) is 0 Å². The molecule has 1 amide bonds. The summed E-state index contributed by atoms with van der Waals surface area (Å²) in [6.07, 6.45) is 1.10. The molecule has 7 nitrogen and oxygen atoms in total. The van der Waals surface area contributed by atoms with Crippen LogP contribution in [0.5, 0.6) is 0 Å². The molecule has 0 radical (unpaired) electrons. The summed E-state index contributed by atoms with van der Waals surface area (Å²) in [7, 11) is 0. The lowest BCUT2D eigenvalue weighted by Crippen LogP contribution is -2.35. The van der Waals surface area contributed by atoms with Gasteiger partial charge in [0.15, 0.2) is 0 Å². The molecule has 0 aromatic carbocycles. The van der Waals surface area contributed by atoms with Crippen LogP contribution in [0, 0.1) is 10.1 Å². The second-order valence-electron chi connectivity index (χ2n) is 2.61. The molecule has 0 aliphatic carbocycles. The van der Waals surface area contributed by atoms with Crippen LogP contribution >= 0.6 is 0 Å². The number of nitro groups is 1. The van der Waals surface area contributed by atoms with Gasteiger partial charge in [-0.25, -0.2) is 0 Å². The SMILES string of the molecule is O=C1NCCn2ncc([N+](=O)[O-])c21. The van der Waals surface area contributed by atoms with Crippen LogP contribution in [0.25, 0.3) is 0 Å². The van der Waals surface area contributed by atoms with Crippen molar-refractivity contribution >= 4 is 11.6 Å². The Kier molecular flexibility index (Phi) is 1.51. The summed E-state index contributed by atoms with van der Waals surface area (Å²) in [5.74, 6) is -0.435. The van der Waals surface area contributed by atoms with Crippen molar-refractivity contribution in [1.29, 1.82) is 0 Å². The molecule has 0 unspecified atom stereocenters. The molecule has 0 bridgehead atoms. The van der Waals surface area contributed by atoms with Crippen LogP contribution in [0.3, 0.4) is 0 Å². The number of nitrogens with zero attached hydrogens (tertiary/aromatic N) is 3. The largest absolute Gasteiger partial charge is 0.349 e. The Balaban J connectivity index is 2.56. The fourth-order valence-electron chi connectivity index (χ4n) is 1.27. The third kappa shape index (κ3) is 1.05. The summed E-state index contributed by atoms with van der Waals surface area (Å²) in [4.78, 5) is 21.0. The molecule has 68 valence electrons. The van der Waals surface area contributed by atoms with Crippen molar-refractivity contribution in [3.63, 3.8) is 0 Å². The van der Waals surface area contributed by atoms with Crippen molar-refractivity contribution in [2.45, 2.75) is 6.54 Å². The van der Waals surface area contributed by atoms with Crippen molar-refractivity contribution in [3.05, 3.63) is 22.0 Å². The van der Waals surface area contributed by atoms with Gasteiger partial charge < -0.3 is 5.32 Å².